The second-order valence-corrected chi connectivity index (χ2v) is 7.60. The molecule has 28 heavy (non-hydrogen) atoms. The van der Waals surface area contributed by atoms with Crippen molar-refractivity contribution in [3.63, 3.8) is 0 Å². The van der Waals surface area contributed by atoms with Crippen LogP contribution in [0.3, 0.4) is 0 Å². The number of rotatable bonds is 2. The molecular formula is C20H23F3N4O. The number of halogens is 3. The Kier molecular flexibility index (Phi) is 4.81. The SMILES string of the molecule is C[C@@H]1CCCCN1C(=O)c1cc2n(n1)[C@@H](C(F)(F)F)C[C@H](c1ccccc1)N2. The van der Waals surface area contributed by atoms with Gasteiger partial charge in [-0.25, -0.2) is 4.68 Å². The van der Waals surface area contributed by atoms with Crippen LogP contribution in [0.5, 0.6) is 0 Å². The molecule has 5 nitrogen and oxygen atoms in total. The van der Waals surface area contributed by atoms with Gasteiger partial charge in [0.05, 0.1) is 6.04 Å². The number of carbonyl (C=O) groups is 1. The molecule has 0 radical (unpaired) electrons. The first-order chi connectivity index (χ1) is 13.3. The number of aromatic nitrogens is 2. The van der Waals surface area contributed by atoms with Crippen molar-refractivity contribution in [2.45, 2.75) is 56.9 Å². The summed E-state index contributed by atoms with van der Waals surface area (Å²) in [7, 11) is 0. The third-order valence-corrected chi connectivity index (χ3v) is 5.67. The Morgan fingerprint density at radius 2 is 1.96 bits per heavy atom. The summed E-state index contributed by atoms with van der Waals surface area (Å²) in [4.78, 5) is 14.6. The maximum atomic E-state index is 13.8. The summed E-state index contributed by atoms with van der Waals surface area (Å²) in [6, 6.07) is 8.31. The number of hydrogen-bond donors (Lipinski definition) is 1. The van der Waals surface area contributed by atoms with Crippen LogP contribution in [0.25, 0.3) is 0 Å². The minimum Gasteiger partial charge on any atom is -0.363 e. The molecule has 2 aliphatic heterocycles. The molecule has 0 saturated carbocycles. The Morgan fingerprint density at radius 1 is 1.21 bits per heavy atom. The van der Waals surface area contributed by atoms with Gasteiger partial charge in [0.25, 0.3) is 5.91 Å². The first-order valence-corrected chi connectivity index (χ1v) is 9.63. The van der Waals surface area contributed by atoms with Gasteiger partial charge in [0.2, 0.25) is 0 Å². The Morgan fingerprint density at radius 3 is 2.64 bits per heavy atom. The van der Waals surface area contributed by atoms with Crippen LogP contribution in [0.1, 0.15) is 60.7 Å². The Balaban J connectivity index is 1.67. The van der Waals surface area contributed by atoms with Gasteiger partial charge in [-0.2, -0.15) is 18.3 Å². The molecule has 2 aliphatic rings. The lowest BCUT2D eigenvalue weighted by Crippen LogP contribution is -2.42. The fourth-order valence-corrected chi connectivity index (χ4v) is 4.13. The molecule has 1 N–H and O–H groups in total. The second-order valence-electron chi connectivity index (χ2n) is 7.60. The fourth-order valence-electron chi connectivity index (χ4n) is 4.13. The Labute approximate surface area is 161 Å². The van der Waals surface area contributed by atoms with E-state index in [4.69, 9.17) is 0 Å². The van der Waals surface area contributed by atoms with Crippen molar-refractivity contribution in [3.05, 3.63) is 47.7 Å². The number of amides is 1. The van der Waals surface area contributed by atoms with Gasteiger partial charge in [-0.3, -0.25) is 4.79 Å². The molecule has 0 aliphatic carbocycles. The third-order valence-electron chi connectivity index (χ3n) is 5.67. The highest BCUT2D eigenvalue weighted by Crippen LogP contribution is 2.43. The van der Waals surface area contributed by atoms with E-state index in [2.05, 4.69) is 10.4 Å². The van der Waals surface area contributed by atoms with Gasteiger partial charge in [-0.15, -0.1) is 0 Å². The van der Waals surface area contributed by atoms with E-state index < -0.39 is 18.3 Å². The predicted octanol–water partition coefficient (Wildman–Crippen LogP) is 4.56. The molecule has 3 atom stereocenters. The zero-order valence-electron chi connectivity index (χ0n) is 15.6. The molecule has 1 aromatic heterocycles. The molecule has 1 saturated heterocycles. The van der Waals surface area contributed by atoms with Crippen LogP contribution >= 0.6 is 0 Å². The lowest BCUT2D eigenvalue weighted by molar-refractivity contribution is -0.173. The second kappa shape index (κ2) is 7.14. The number of carbonyl (C=O) groups excluding carboxylic acids is 1. The van der Waals surface area contributed by atoms with Gasteiger partial charge in [-0.1, -0.05) is 30.3 Å². The standard InChI is InChI=1S/C20H23F3N4O/c1-13-7-5-6-10-26(13)19(28)16-12-18-24-15(14-8-3-2-4-9-14)11-17(20(21,22)23)27(18)25-16/h2-4,8-9,12-13,15,17,24H,5-7,10-11H2,1H3/t13-,15-,17-/m1/s1. The highest BCUT2D eigenvalue weighted by molar-refractivity contribution is 5.93. The van der Waals surface area contributed by atoms with Crippen LogP contribution in [0.15, 0.2) is 36.4 Å². The first-order valence-electron chi connectivity index (χ1n) is 9.63. The van der Waals surface area contributed by atoms with Crippen LogP contribution in [0, 0.1) is 0 Å². The van der Waals surface area contributed by atoms with Crippen molar-refractivity contribution in [2.24, 2.45) is 0 Å². The quantitative estimate of drug-likeness (QED) is 0.815. The molecule has 8 heteroatoms. The monoisotopic (exact) mass is 392 g/mol. The van der Waals surface area contributed by atoms with E-state index in [9.17, 15) is 18.0 Å². The number of benzene rings is 1. The lowest BCUT2D eigenvalue weighted by atomic mass is 9.97. The summed E-state index contributed by atoms with van der Waals surface area (Å²) in [5.41, 5.74) is 0.848. The summed E-state index contributed by atoms with van der Waals surface area (Å²) < 4.78 is 42.2. The molecule has 0 spiro atoms. The van der Waals surface area contributed by atoms with Gasteiger partial charge in [0, 0.05) is 25.1 Å². The number of alkyl halides is 3. The van der Waals surface area contributed by atoms with Crippen LogP contribution in [-0.4, -0.2) is 39.4 Å². The minimum atomic E-state index is -4.45. The summed E-state index contributed by atoms with van der Waals surface area (Å²) in [5, 5.41) is 7.21. The van der Waals surface area contributed by atoms with Crippen LogP contribution in [0.2, 0.25) is 0 Å². The third kappa shape index (κ3) is 3.47. The van der Waals surface area contributed by atoms with Crippen LogP contribution < -0.4 is 5.32 Å². The van der Waals surface area contributed by atoms with E-state index in [1.807, 2.05) is 13.0 Å². The van der Waals surface area contributed by atoms with E-state index in [1.165, 1.54) is 6.07 Å². The smallest absolute Gasteiger partial charge is 0.363 e. The average molecular weight is 392 g/mol. The van der Waals surface area contributed by atoms with Crippen LogP contribution in [0.4, 0.5) is 19.0 Å². The van der Waals surface area contributed by atoms with Gasteiger partial charge >= 0.3 is 6.18 Å². The molecular weight excluding hydrogens is 369 g/mol. The van der Waals surface area contributed by atoms with Gasteiger partial charge < -0.3 is 10.2 Å². The largest absolute Gasteiger partial charge is 0.410 e. The molecule has 3 heterocycles. The predicted molar refractivity (Wildman–Crippen MR) is 99.1 cm³/mol. The van der Waals surface area contributed by atoms with Crippen LogP contribution in [-0.2, 0) is 0 Å². The van der Waals surface area contributed by atoms with Gasteiger partial charge in [-0.05, 0) is 31.7 Å². The van der Waals surface area contributed by atoms with Crippen molar-refractivity contribution >= 4 is 11.7 Å². The maximum absolute atomic E-state index is 13.8. The Bertz CT molecular complexity index is 849. The summed E-state index contributed by atoms with van der Waals surface area (Å²) in [6.07, 6.45) is -1.76. The maximum Gasteiger partial charge on any atom is 0.410 e. The zero-order chi connectivity index (χ0) is 19.9. The average Bonchev–Trinajstić information content (AvgIpc) is 3.11. The molecule has 4 rings (SSSR count). The number of fused-ring (bicyclic) bond motifs is 1. The number of hydrogen-bond acceptors (Lipinski definition) is 3. The summed E-state index contributed by atoms with van der Waals surface area (Å²) in [5.74, 6) is -0.0662. The molecule has 1 amide bonds. The first kappa shape index (κ1) is 18.8. The number of likely N-dealkylation sites (tertiary alicyclic amines) is 1. The van der Waals surface area contributed by atoms with Crippen molar-refractivity contribution in [3.8, 4) is 0 Å². The van der Waals surface area contributed by atoms with Crippen molar-refractivity contribution in [1.82, 2.24) is 14.7 Å². The normalized spacial score (nSPS) is 25.1. The number of anilines is 1. The fraction of sp³-hybridized carbons (Fsp3) is 0.500. The summed E-state index contributed by atoms with van der Waals surface area (Å²) in [6.45, 7) is 2.58. The number of piperidine rings is 1. The molecule has 0 bridgehead atoms. The van der Waals surface area contributed by atoms with E-state index in [-0.39, 0.29) is 29.9 Å². The van der Waals surface area contributed by atoms with Gasteiger partial charge in [0.15, 0.2) is 11.7 Å². The van der Waals surface area contributed by atoms with Crippen molar-refractivity contribution in [2.75, 3.05) is 11.9 Å². The van der Waals surface area contributed by atoms with E-state index in [0.29, 0.717) is 6.54 Å². The summed E-state index contributed by atoms with van der Waals surface area (Å²) >= 11 is 0. The van der Waals surface area contributed by atoms with Gasteiger partial charge in [0.1, 0.15) is 5.82 Å². The van der Waals surface area contributed by atoms with E-state index in [1.54, 1.807) is 29.2 Å². The van der Waals surface area contributed by atoms with Crippen molar-refractivity contribution < 1.29 is 18.0 Å². The molecule has 1 aromatic carbocycles. The molecule has 0 unspecified atom stereocenters. The highest BCUT2D eigenvalue weighted by atomic mass is 19.4. The number of nitrogens with zero attached hydrogens (tertiary/aromatic N) is 3. The molecule has 2 aromatic rings. The molecule has 1 fully saturated rings. The Hall–Kier alpha value is -2.51. The number of nitrogens with one attached hydrogen (secondary N) is 1. The topological polar surface area (TPSA) is 50.2 Å². The minimum absolute atomic E-state index is 0.0687. The van der Waals surface area contributed by atoms with E-state index in [0.717, 1.165) is 29.5 Å². The lowest BCUT2D eigenvalue weighted by Gasteiger charge is -2.33. The highest BCUT2D eigenvalue weighted by Gasteiger charge is 2.47. The molecule has 150 valence electrons. The zero-order valence-corrected chi connectivity index (χ0v) is 15.6. The van der Waals surface area contributed by atoms with Crippen molar-refractivity contribution in [1.29, 1.82) is 0 Å². The van der Waals surface area contributed by atoms with E-state index >= 15 is 0 Å².